The number of esters is 1. The number of allylic oxidation sites excluding steroid dienone is 4. The number of unbranched alkanes of at least 4 members (excludes halogenated alkanes) is 22. The second-order valence-electron chi connectivity index (χ2n) is 14.0. The van der Waals surface area contributed by atoms with Crippen molar-refractivity contribution in [2.45, 2.75) is 200 Å². The number of aliphatic hydroxyl groups is 1. The van der Waals surface area contributed by atoms with Gasteiger partial charge in [0.05, 0.1) is 13.2 Å². The molecule has 10 heteroatoms. The van der Waals surface area contributed by atoms with Crippen LogP contribution >= 0.6 is 7.82 Å². The van der Waals surface area contributed by atoms with Gasteiger partial charge in [-0.2, -0.15) is 0 Å². The van der Waals surface area contributed by atoms with Crippen LogP contribution in [0.1, 0.15) is 194 Å². The fraction of sp³-hybridized carbons (Fsp3) is 0.854. The summed E-state index contributed by atoms with van der Waals surface area (Å²) in [6.07, 6.45) is 39.6. The van der Waals surface area contributed by atoms with Crippen molar-refractivity contribution in [3.8, 4) is 0 Å². The fourth-order valence-electron chi connectivity index (χ4n) is 5.66. The van der Waals surface area contributed by atoms with Crippen LogP contribution < -0.4 is 5.32 Å². The van der Waals surface area contributed by atoms with E-state index in [-0.39, 0.29) is 32.1 Å². The first-order valence-electron chi connectivity index (χ1n) is 20.8. The monoisotopic (exact) mass is 744 g/mol. The Hall–Kier alpha value is -1.51. The summed E-state index contributed by atoms with van der Waals surface area (Å²) in [4.78, 5) is 33.8. The maximum atomic E-state index is 12.1. The fourth-order valence-corrected chi connectivity index (χ4v) is 6.42. The smallest absolute Gasteiger partial charge is 0.463 e. The number of rotatable bonds is 39. The first kappa shape index (κ1) is 49.5. The molecule has 0 aromatic rings. The van der Waals surface area contributed by atoms with E-state index in [1.807, 2.05) is 0 Å². The van der Waals surface area contributed by atoms with E-state index in [0.717, 1.165) is 57.8 Å². The third kappa shape index (κ3) is 39.5. The highest BCUT2D eigenvalue weighted by molar-refractivity contribution is 7.47. The zero-order valence-corrected chi connectivity index (χ0v) is 33.7. The Labute approximate surface area is 312 Å². The molecule has 0 saturated heterocycles. The van der Waals surface area contributed by atoms with Crippen LogP contribution in [-0.2, 0) is 27.9 Å². The summed E-state index contributed by atoms with van der Waals surface area (Å²) in [6.45, 7) is 3.52. The molecule has 9 nitrogen and oxygen atoms in total. The molecule has 0 saturated carbocycles. The van der Waals surface area contributed by atoms with Crippen LogP contribution in [0.25, 0.3) is 0 Å². The molecule has 51 heavy (non-hydrogen) atoms. The largest absolute Gasteiger partial charge is 0.472 e. The molecule has 0 aliphatic carbocycles. The van der Waals surface area contributed by atoms with Crippen LogP contribution in [0, 0.1) is 0 Å². The first-order chi connectivity index (χ1) is 24.8. The van der Waals surface area contributed by atoms with E-state index >= 15 is 0 Å². The Morgan fingerprint density at radius 2 is 1.00 bits per heavy atom. The topological polar surface area (TPSA) is 131 Å². The molecule has 2 unspecified atom stereocenters. The van der Waals surface area contributed by atoms with Crippen molar-refractivity contribution in [2.75, 3.05) is 26.4 Å². The van der Waals surface area contributed by atoms with Gasteiger partial charge in [0.25, 0.3) is 0 Å². The molecule has 0 aliphatic rings. The Kier molecular flexibility index (Phi) is 37.1. The van der Waals surface area contributed by atoms with Crippen molar-refractivity contribution in [1.82, 2.24) is 5.32 Å². The summed E-state index contributed by atoms with van der Waals surface area (Å²) >= 11 is 0. The number of carbonyl (C=O) groups excluding carboxylic acids is 2. The SMILES string of the molecule is CCCCCC/C=C\CCCCCCCC(=O)OCC(O)COP(=O)(O)OCCNC(=O)CCCCCCCCC/C=C\CCCCCCCC. The Morgan fingerprint density at radius 1 is 0.588 bits per heavy atom. The predicted octanol–water partition coefficient (Wildman–Crippen LogP) is 11.2. The molecular weight excluding hydrogens is 665 g/mol. The van der Waals surface area contributed by atoms with E-state index in [1.54, 1.807) is 0 Å². The second-order valence-corrected chi connectivity index (χ2v) is 15.4. The zero-order chi connectivity index (χ0) is 37.5. The minimum Gasteiger partial charge on any atom is -0.463 e. The molecule has 0 heterocycles. The third-order valence-corrected chi connectivity index (χ3v) is 9.84. The van der Waals surface area contributed by atoms with Gasteiger partial charge in [0, 0.05) is 19.4 Å². The molecule has 3 N–H and O–H groups in total. The lowest BCUT2D eigenvalue weighted by Gasteiger charge is -2.15. The molecule has 1 amide bonds. The number of hydrogen-bond donors (Lipinski definition) is 3. The summed E-state index contributed by atoms with van der Waals surface area (Å²) < 4.78 is 26.8. The predicted molar refractivity (Wildman–Crippen MR) is 211 cm³/mol. The summed E-state index contributed by atoms with van der Waals surface area (Å²) in [5.74, 6) is -0.527. The quantitative estimate of drug-likeness (QED) is 0.0245. The van der Waals surface area contributed by atoms with E-state index in [2.05, 4.69) is 43.5 Å². The van der Waals surface area contributed by atoms with Crippen molar-refractivity contribution >= 4 is 19.7 Å². The second kappa shape index (κ2) is 38.2. The van der Waals surface area contributed by atoms with Crippen molar-refractivity contribution in [3.63, 3.8) is 0 Å². The molecule has 0 aliphatic heterocycles. The number of phosphoric acid groups is 1. The van der Waals surface area contributed by atoms with Crippen molar-refractivity contribution in [3.05, 3.63) is 24.3 Å². The third-order valence-electron chi connectivity index (χ3n) is 8.85. The lowest BCUT2D eigenvalue weighted by atomic mass is 10.1. The molecule has 0 aromatic heterocycles. The van der Waals surface area contributed by atoms with Crippen LogP contribution in [-0.4, -0.2) is 54.3 Å². The summed E-state index contributed by atoms with van der Waals surface area (Å²) in [5.41, 5.74) is 0. The Balaban J connectivity index is 3.61. The van der Waals surface area contributed by atoms with Gasteiger partial charge in [-0.05, 0) is 64.2 Å². The van der Waals surface area contributed by atoms with Gasteiger partial charge in [-0.1, -0.05) is 141 Å². The standard InChI is InChI=1S/C41H78NO8P/c1-3-5-7-9-11-13-15-17-18-19-20-22-23-25-27-29-31-33-40(44)42-35-36-49-51(46,47)50-38-39(43)37-48-41(45)34-32-30-28-26-24-21-16-14-12-10-8-6-4-2/h14,16-18,39,43H,3-13,15,19-38H2,1-2H3,(H,42,44)(H,46,47)/b16-14-,18-17-. The maximum absolute atomic E-state index is 12.1. The zero-order valence-electron chi connectivity index (χ0n) is 32.8. The van der Waals surface area contributed by atoms with Gasteiger partial charge in [-0.3, -0.25) is 18.6 Å². The number of nitrogens with one attached hydrogen (secondary N) is 1. The minimum atomic E-state index is -4.41. The summed E-state index contributed by atoms with van der Waals surface area (Å²) in [7, 11) is -4.41. The van der Waals surface area contributed by atoms with Crippen LogP contribution in [0.15, 0.2) is 24.3 Å². The van der Waals surface area contributed by atoms with Crippen molar-refractivity contribution in [2.24, 2.45) is 0 Å². The van der Waals surface area contributed by atoms with E-state index < -0.39 is 26.5 Å². The molecule has 0 radical (unpaired) electrons. The normalized spacial score (nSPS) is 13.6. The highest BCUT2D eigenvalue weighted by Gasteiger charge is 2.23. The van der Waals surface area contributed by atoms with Gasteiger partial charge in [0.2, 0.25) is 5.91 Å². The molecule has 0 aromatic carbocycles. The lowest BCUT2D eigenvalue weighted by Crippen LogP contribution is -2.27. The number of aliphatic hydroxyl groups excluding tert-OH is 1. The van der Waals surface area contributed by atoms with Gasteiger partial charge in [-0.15, -0.1) is 0 Å². The molecule has 300 valence electrons. The van der Waals surface area contributed by atoms with Crippen LogP contribution in [0.3, 0.4) is 0 Å². The van der Waals surface area contributed by atoms with Gasteiger partial charge in [0.1, 0.15) is 12.7 Å². The number of ether oxygens (including phenoxy) is 1. The molecular formula is C41H78NO8P. The van der Waals surface area contributed by atoms with E-state index in [4.69, 9.17) is 13.8 Å². The molecule has 2 atom stereocenters. The first-order valence-corrected chi connectivity index (χ1v) is 22.3. The lowest BCUT2D eigenvalue weighted by molar-refractivity contribution is -0.147. The number of amides is 1. The Morgan fingerprint density at radius 3 is 1.49 bits per heavy atom. The Bertz CT molecular complexity index is 897. The molecule has 0 fully saturated rings. The average molecular weight is 744 g/mol. The number of hydrogen-bond acceptors (Lipinski definition) is 7. The minimum absolute atomic E-state index is 0.0799. The van der Waals surface area contributed by atoms with Crippen molar-refractivity contribution in [1.29, 1.82) is 0 Å². The van der Waals surface area contributed by atoms with Crippen molar-refractivity contribution < 1.29 is 37.9 Å². The van der Waals surface area contributed by atoms with Gasteiger partial charge >= 0.3 is 13.8 Å². The molecule has 0 spiro atoms. The van der Waals surface area contributed by atoms with E-state index in [1.165, 1.54) is 109 Å². The van der Waals surface area contributed by atoms with Crippen LogP contribution in [0.5, 0.6) is 0 Å². The summed E-state index contributed by atoms with van der Waals surface area (Å²) in [5, 5.41) is 12.7. The van der Waals surface area contributed by atoms with Gasteiger partial charge in [0.15, 0.2) is 0 Å². The van der Waals surface area contributed by atoms with Gasteiger partial charge in [-0.25, -0.2) is 4.57 Å². The number of phosphoric ester groups is 1. The van der Waals surface area contributed by atoms with Gasteiger partial charge < -0.3 is 20.1 Å². The number of carbonyl (C=O) groups is 2. The van der Waals surface area contributed by atoms with E-state index in [9.17, 15) is 24.2 Å². The molecule has 0 rings (SSSR count). The molecule has 0 bridgehead atoms. The van der Waals surface area contributed by atoms with E-state index in [0.29, 0.717) is 6.42 Å². The maximum Gasteiger partial charge on any atom is 0.472 e. The summed E-state index contributed by atoms with van der Waals surface area (Å²) in [6, 6.07) is 0. The van der Waals surface area contributed by atoms with Crippen LogP contribution in [0.4, 0.5) is 0 Å². The van der Waals surface area contributed by atoms with Crippen LogP contribution in [0.2, 0.25) is 0 Å². The average Bonchev–Trinajstić information content (AvgIpc) is 3.11. The highest BCUT2D eigenvalue weighted by Crippen LogP contribution is 2.42. The highest BCUT2D eigenvalue weighted by atomic mass is 31.2.